The monoisotopic (exact) mass is 464 g/mol. The number of carbonyl (C=O) groups excluding carboxylic acids is 3. The average molecular weight is 466 g/mol. The number of likely N-dealkylation sites (tertiary alicyclic amines) is 1. The summed E-state index contributed by atoms with van der Waals surface area (Å²) in [4.78, 5) is 37.9. The summed E-state index contributed by atoms with van der Waals surface area (Å²) >= 11 is 17.8. The van der Waals surface area contributed by atoms with Crippen LogP contribution >= 0.6 is 34.8 Å². The predicted octanol–water partition coefficient (Wildman–Crippen LogP) is 4.78. The van der Waals surface area contributed by atoms with Gasteiger partial charge in [0.05, 0.1) is 21.7 Å². The van der Waals surface area contributed by atoms with E-state index in [1.807, 2.05) is 0 Å². The van der Waals surface area contributed by atoms with Crippen molar-refractivity contribution in [2.45, 2.75) is 39.2 Å². The molecule has 0 spiro atoms. The molecule has 7 nitrogen and oxygen atoms in total. The third-order valence-electron chi connectivity index (χ3n) is 4.10. The second-order valence-electron chi connectivity index (χ2n) is 7.64. The molecule has 1 aromatic rings. The molecule has 10 heteroatoms. The van der Waals surface area contributed by atoms with Crippen LogP contribution in [0, 0.1) is 5.92 Å². The number of nitrogens with one attached hydrogen (secondary N) is 1. The van der Waals surface area contributed by atoms with Crippen molar-refractivity contribution in [3.63, 3.8) is 0 Å². The van der Waals surface area contributed by atoms with Crippen LogP contribution in [-0.2, 0) is 19.1 Å². The van der Waals surface area contributed by atoms with Crippen LogP contribution in [-0.4, -0.2) is 48.2 Å². The number of amides is 2. The van der Waals surface area contributed by atoms with Gasteiger partial charge in [-0.15, -0.1) is 0 Å². The molecular weight excluding hydrogens is 443 g/mol. The molecule has 0 atom stereocenters. The molecule has 2 rings (SSSR count). The minimum Gasteiger partial charge on any atom is -0.455 e. The number of anilines is 1. The third kappa shape index (κ3) is 7.24. The number of halogens is 3. The van der Waals surface area contributed by atoms with Gasteiger partial charge in [0.25, 0.3) is 5.91 Å². The van der Waals surface area contributed by atoms with Crippen molar-refractivity contribution in [1.82, 2.24) is 4.90 Å². The maximum Gasteiger partial charge on any atom is 0.410 e. The van der Waals surface area contributed by atoms with E-state index in [0.717, 1.165) is 0 Å². The summed E-state index contributed by atoms with van der Waals surface area (Å²) in [5.41, 5.74) is -0.375. The molecule has 1 heterocycles. The first-order chi connectivity index (χ1) is 13.5. The molecule has 1 aliphatic heterocycles. The summed E-state index contributed by atoms with van der Waals surface area (Å²) in [5.74, 6) is -1.45. The second kappa shape index (κ2) is 9.87. The zero-order valence-electron chi connectivity index (χ0n) is 16.4. The van der Waals surface area contributed by atoms with Gasteiger partial charge in [-0.1, -0.05) is 34.8 Å². The lowest BCUT2D eigenvalue weighted by atomic mass is 9.97. The summed E-state index contributed by atoms with van der Waals surface area (Å²) in [7, 11) is 0. The van der Waals surface area contributed by atoms with Crippen molar-refractivity contribution < 1.29 is 23.9 Å². The molecule has 160 valence electrons. The molecule has 0 aromatic heterocycles. The van der Waals surface area contributed by atoms with Crippen molar-refractivity contribution in [3.8, 4) is 0 Å². The Morgan fingerprint density at radius 2 is 1.66 bits per heavy atom. The number of benzene rings is 1. The van der Waals surface area contributed by atoms with Gasteiger partial charge in [0.15, 0.2) is 6.61 Å². The highest BCUT2D eigenvalue weighted by Gasteiger charge is 2.31. The predicted molar refractivity (Wildman–Crippen MR) is 112 cm³/mol. The molecule has 1 aliphatic rings. The number of ether oxygens (including phenoxy) is 2. The zero-order valence-corrected chi connectivity index (χ0v) is 18.7. The number of esters is 1. The summed E-state index contributed by atoms with van der Waals surface area (Å²) in [6.45, 7) is 5.69. The topological polar surface area (TPSA) is 84.9 Å². The van der Waals surface area contributed by atoms with E-state index < -0.39 is 30.2 Å². The highest BCUT2D eigenvalue weighted by molar-refractivity contribution is 6.42. The van der Waals surface area contributed by atoms with Crippen LogP contribution in [0.5, 0.6) is 0 Å². The van der Waals surface area contributed by atoms with E-state index >= 15 is 0 Å². The highest BCUT2D eigenvalue weighted by atomic mass is 35.5. The molecule has 0 bridgehead atoms. The number of rotatable bonds is 4. The minimum atomic E-state index is -0.573. The van der Waals surface area contributed by atoms with Crippen molar-refractivity contribution in [1.29, 1.82) is 0 Å². The SMILES string of the molecule is CC(C)(C)OC(=O)N1CCC(C(=O)OCC(=O)Nc2c(Cl)cc(Cl)cc2Cl)CC1. The fourth-order valence-corrected chi connectivity index (χ4v) is 3.63. The largest absolute Gasteiger partial charge is 0.455 e. The van der Waals surface area contributed by atoms with Crippen LogP contribution in [0.1, 0.15) is 33.6 Å². The Balaban J connectivity index is 1.79. The van der Waals surface area contributed by atoms with Gasteiger partial charge in [-0.3, -0.25) is 9.59 Å². The standard InChI is InChI=1S/C19H23Cl3N2O5/c1-19(2,3)29-18(27)24-6-4-11(5-7-24)17(26)28-10-15(25)23-16-13(21)8-12(20)9-14(16)22/h8-9,11H,4-7,10H2,1-3H3,(H,23,25). The Morgan fingerprint density at radius 3 is 2.17 bits per heavy atom. The Bertz CT molecular complexity index is 764. The number of hydrogen-bond donors (Lipinski definition) is 1. The molecule has 29 heavy (non-hydrogen) atoms. The normalized spacial score (nSPS) is 15.0. The zero-order chi connectivity index (χ0) is 21.8. The van der Waals surface area contributed by atoms with Gasteiger partial charge in [-0.25, -0.2) is 4.79 Å². The van der Waals surface area contributed by atoms with Gasteiger partial charge in [-0.05, 0) is 45.7 Å². The number of nitrogens with zero attached hydrogens (tertiary/aromatic N) is 1. The van der Waals surface area contributed by atoms with E-state index in [0.29, 0.717) is 31.0 Å². The highest BCUT2D eigenvalue weighted by Crippen LogP contribution is 2.33. The summed E-state index contributed by atoms with van der Waals surface area (Å²) in [5, 5.41) is 3.19. The summed E-state index contributed by atoms with van der Waals surface area (Å²) in [6.07, 6.45) is 0.476. The number of hydrogen-bond acceptors (Lipinski definition) is 5. The second-order valence-corrected chi connectivity index (χ2v) is 8.89. The van der Waals surface area contributed by atoms with Gasteiger partial charge in [0, 0.05) is 18.1 Å². The molecule has 1 N–H and O–H groups in total. The molecule has 0 saturated carbocycles. The van der Waals surface area contributed by atoms with Crippen LogP contribution in [0.4, 0.5) is 10.5 Å². The fourth-order valence-electron chi connectivity index (χ4n) is 2.72. The Morgan fingerprint density at radius 1 is 1.10 bits per heavy atom. The lowest BCUT2D eigenvalue weighted by molar-refractivity contribution is -0.153. The summed E-state index contributed by atoms with van der Waals surface area (Å²) in [6, 6.07) is 2.88. The van der Waals surface area contributed by atoms with Crippen LogP contribution < -0.4 is 5.32 Å². The first-order valence-electron chi connectivity index (χ1n) is 9.05. The van der Waals surface area contributed by atoms with Crippen molar-refractivity contribution >= 4 is 58.5 Å². The molecule has 0 aliphatic carbocycles. The van der Waals surface area contributed by atoms with E-state index in [1.54, 1.807) is 25.7 Å². The first-order valence-corrected chi connectivity index (χ1v) is 10.2. The Labute approximate surface area is 184 Å². The van der Waals surface area contributed by atoms with E-state index in [2.05, 4.69) is 5.32 Å². The Kier molecular flexibility index (Phi) is 8.02. The van der Waals surface area contributed by atoms with Crippen LogP contribution in [0.2, 0.25) is 15.1 Å². The van der Waals surface area contributed by atoms with Crippen molar-refractivity contribution in [2.75, 3.05) is 25.0 Å². The minimum absolute atomic E-state index is 0.177. The maximum absolute atomic E-state index is 12.2. The van der Waals surface area contributed by atoms with E-state index in [4.69, 9.17) is 44.3 Å². The van der Waals surface area contributed by atoms with E-state index in [9.17, 15) is 14.4 Å². The average Bonchev–Trinajstić information content (AvgIpc) is 2.61. The van der Waals surface area contributed by atoms with Gasteiger partial charge >= 0.3 is 12.1 Å². The van der Waals surface area contributed by atoms with E-state index in [1.165, 1.54) is 12.1 Å². The maximum atomic E-state index is 12.2. The van der Waals surface area contributed by atoms with Gasteiger partial charge in [0.2, 0.25) is 0 Å². The van der Waals surface area contributed by atoms with Crippen LogP contribution in [0.15, 0.2) is 12.1 Å². The quantitative estimate of drug-likeness (QED) is 0.647. The number of carbonyl (C=O) groups is 3. The molecule has 0 unspecified atom stereocenters. The van der Waals surface area contributed by atoms with Crippen LogP contribution in [0.25, 0.3) is 0 Å². The molecule has 0 radical (unpaired) electrons. The molecule has 1 fully saturated rings. The first kappa shape index (κ1) is 23.6. The summed E-state index contributed by atoms with van der Waals surface area (Å²) < 4.78 is 10.4. The smallest absolute Gasteiger partial charge is 0.410 e. The number of piperidine rings is 1. The van der Waals surface area contributed by atoms with E-state index in [-0.39, 0.29) is 21.7 Å². The van der Waals surface area contributed by atoms with Gasteiger partial charge < -0.3 is 19.7 Å². The van der Waals surface area contributed by atoms with Crippen LogP contribution in [0.3, 0.4) is 0 Å². The molecule has 2 amide bonds. The third-order valence-corrected chi connectivity index (χ3v) is 4.91. The molecular formula is C19H23Cl3N2O5. The molecule has 1 saturated heterocycles. The lowest BCUT2D eigenvalue weighted by Crippen LogP contribution is -2.43. The Hall–Kier alpha value is -1.70. The van der Waals surface area contributed by atoms with Crippen molar-refractivity contribution in [3.05, 3.63) is 27.2 Å². The van der Waals surface area contributed by atoms with Gasteiger partial charge in [0.1, 0.15) is 5.60 Å². The fraction of sp³-hybridized carbons (Fsp3) is 0.526. The van der Waals surface area contributed by atoms with Crippen molar-refractivity contribution in [2.24, 2.45) is 5.92 Å². The van der Waals surface area contributed by atoms with Gasteiger partial charge in [-0.2, -0.15) is 0 Å². The molecule has 1 aromatic carbocycles. The lowest BCUT2D eigenvalue weighted by Gasteiger charge is -2.32.